The molecule has 37 heavy (non-hydrogen) atoms. The maximum Gasteiger partial charge on any atom is 0.271 e. The van der Waals surface area contributed by atoms with E-state index in [1.54, 1.807) is 10.6 Å². The third kappa shape index (κ3) is 4.40. The summed E-state index contributed by atoms with van der Waals surface area (Å²) in [5.74, 6) is 0.768. The number of hydrogen-bond acceptors (Lipinski definition) is 4. The van der Waals surface area contributed by atoms with E-state index in [9.17, 15) is 4.79 Å². The molecular formula is C29H21BrCl2N2O2S. The Morgan fingerprint density at radius 2 is 1.97 bits per heavy atom. The van der Waals surface area contributed by atoms with Gasteiger partial charge in [-0.05, 0) is 88.3 Å². The van der Waals surface area contributed by atoms with Crippen LogP contribution in [0, 0.1) is 0 Å². The van der Waals surface area contributed by atoms with Gasteiger partial charge < -0.3 is 4.74 Å². The predicted molar refractivity (Wildman–Crippen MR) is 155 cm³/mol. The first-order valence-electron chi connectivity index (χ1n) is 11.9. The van der Waals surface area contributed by atoms with Gasteiger partial charge in [-0.1, -0.05) is 70.9 Å². The Balaban J connectivity index is 1.58. The molecule has 1 aliphatic carbocycles. The first-order valence-corrected chi connectivity index (χ1v) is 14.3. The van der Waals surface area contributed by atoms with Gasteiger partial charge in [-0.2, -0.15) is 0 Å². The molecule has 0 fully saturated rings. The Morgan fingerprint density at radius 1 is 1.14 bits per heavy atom. The molecule has 1 atom stereocenters. The van der Waals surface area contributed by atoms with Crippen molar-refractivity contribution in [2.24, 2.45) is 4.99 Å². The van der Waals surface area contributed by atoms with Crippen molar-refractivity contribution in [2.45, 2.75) is 25.8 Å². The van der Waals surface area contributed by atoms with Crippen LogP contribution in [0.1, 0.15) is 41.6 Å². The fraction of sp³-hybridized carbons (Fsp3) is 0.172. The summed E-state index contributed by atoms with van der Waals surface area (Å²) < 4.78 is 8.88. The normalized spacial score (nSPS) is 16.6. The number of nitrogens with zero attached hydrogens (tertiary/aromatic N) is 2. The van der Waals surface area contributed by atoms with Gasteiger partial charge in [-0.25, -0.2) is 4.99 Å². The van der Waals surface area contributed by atoms with Crippen LogP contribution in [0.25, 0.3) is 11.8 Å². The maximum atomic E-state index is 13.9. The van der Waals surface area contributed by atoms with Crippen LogP contribution in [0.2, 0.25) is 10.0 Å². The quantitative estimate of drug-likeness (QED) is 0.255. The van der Waals surface area contributed by atoms with Crippen LogP contribution in [0.5, 0.6) is 5.75 Å². The minimum absolute atomic E-state index is 0.0878. The standard InChI is InChI=1S/C29H21BrCl2N2O2S/c1-2-36-24-12-7-16(13-22(24)30)14-25-28(35)34-27(20-11-9-18(31)15-23(20)32)21-10-8-17-5-3-4-6-19(17)26(21)33-29(34)37-25/h3-7,9,11-15,27H,2,8,10H2,1H3/b25-14-. The molecule has 1 aromatic heterocycles. The summed E-state index contributed by atoms with van der Waals surface area (Å²) >= 11 is 17.9. The van der Waals surface area contributed by atoms with Crippen molar-refractivity contribution >= 4 is 62.2 Å². The number of halogens is 3. The largest absolute Gasteiger partial charge is 0.493 e. The summed E-state index contributed by atoms with van der Waals surface area (Å²) in [5.41, 5.74) is 6.09. The van der Waals surface area contributed by atoms with Crippen LogP contribution in [0.4, 0.5) is 0 Å². The van der Waals surface area contributed by atoms with E-state index >= 15 is 0 Å². The van der Waals surface area contributed by atoms with Crippen LogP contribution in [-0.4, -0.2) is 11.2 Å². The Hall–Kier alpha value is -2.64. The Morgan fingerprint density at radius 3 is 2.76 bits per heavy atom. The van der Waals surface area contributed by atoms with E-state index < -0.39 is 0 Å². The number of ether oxygens (including phenoxy) is 1. The first-order chi connectivity index (χ1) is 17.9. The molecule has 3 aromatic carbocycles. The molecule has 2 heterocycles. The molecule has 6 rings (SSSR count). The summed E-state index contributed by atoms with van der Waals surface area (Å²) in [4.78, 5) is 19.6. The molecule has 2 aliphatic rings. The lowest BCUT2D eigenvalue weighted by atomic mass is 9.83. The monoisotopic (exact) mass is 610 g/mol. The van der Waals surface area contributed by atoms with Crippen molar-refractivity contribution in [1.82, 2.24) is 4.57 Å². The third-order valence-electron chi connectivity index (χ3n) is 6.68. The van der Waals surface area contributed by atoms with Gasteiger partial charge in [0.1, 0.15) is 5.75 Å². The number of aryl methyl sites for hydroxylation is 1. The molecule has 1 unspecified atom stereocenters. The van der Waals surface area contributed by atoms with E-state index in [0.717, 1.165) is 51.0 Å². The van der Waals surface area contributed by atoms with Gasteiger partial charge in [-0.15, -0.1) is 0 Å². The molecular weight excluding hydrogens is 591 g/mol. The molecule has 0 radical (unpaired) electrons. The van der Waals surface area contributed by atoms with Crippen molar-refractivity contribution in [2.75, 3.05) is 6.61 Å². The molecule has 186 valence electrons. The minimum Gasteiger partial charge on any atom is -0.493 e. The second kappa shape index (κ2) is 9.91. The van der Waals surface area contributed by atoms with E-state index in [-0.39, 0.29) is 11.6 Å². The molecule has 0 saturated heterocycles. The molecule has 0 N–H and O–H groups in total. The molecule has 0 spiro atoms. The number of allylic oxidation sites excluding steroid dienone is 1. The summed E-state index contributed by atoms with van der Waals surface area (Å²) in [6, 6.07) is 19.3. The van der Waals surface area contributed by atoms with Gasteiger partial charge in [0, 0.05) is 15.6 Å². The Bertz CT molecular complexity index is 1770. The van der Waals surface area contributed by atoms with Gasteiger partial charge in [0.15, 0.2) is 4.80 Å². The highest BCUT2D eigenvalue weighted by Gasteiger charge is 2.33. The highest BCUT2D eigenvalue weighted by atomic mass is 79.9. The van der Waals surface area contributed by atoms with Crippen LogP contribution >= 0.6 is 50.5 Å². The number of aromatic nitrogens is 1. The zero-order valence-corrected chi connectivity index (χ0v) is 23.7. The smallest absolute Gasteiger partial charge is 0.271 e. The molecule has 1 aliphatic heterocycles. The number of benzene rings is 3. The highest BCUT2D eigenvalue weighted by Crippen LogP contribution is 2.43. The highest BCUT2D eigenvalue weighted by molar-refractivity contribution is 9.10. The van der Waals surface area contributed by atoms with Gasteiger partial charge in [-0.3, -0.25) is 9.36 Å². The van der Waals surface area contributed by atoms with Crippen molar-refractivity contribution in [1.29, 1.82) is 0 Å². The Labute approximate surface area is 236 Å². The average Bonchev–Trinajstić information content (AvgIpc) is 3.19. The van der Waals surface area contributed by atoms with Crippen LogP contribution in [-0.2, 0) is 6.42 Å². The second-order valence-corrected chi connectivity index (χ2v) is 11.6. The number of fused-ring (bicyclic) bond motifs is 3. The minimum atomic E-state index is -0.349. The number of hydrogen-bond donors (Lipinski definition) is 0. The molecule has 0 saturated carbocycles. The summed E-state index contributed by atoms with van der Waals surface area (Å²) in [6.07, 6.45) is 3.59. The van der Waals surface area contributed by atoms with E-state index in [1.165, 1.54) is 16.9 Å². The summed E-state index contributed by atoms with van der Waals surface area (Å²) in [5, 5.41) is 1.10. The van der Waals surface area contributed by atoms with Crippen molar-refractivity contribution in [3.8, 4) is 5.75 Å². The summed E-state index contributed by atoms with van der Waals surface area (Å²) in [7, 11) is 0. The second-order valence-electron chi connectivity index (χ2n) is 8.90. The third-order valence-corrected chi connectivity index (χ3v) is 8.85. The lowest BCUT2D eigenvalue weighted by Crippen LogP contribution is -2.38. The van der Waals surface area contributed by atoms with E-state index in [2.05, 4.69) is 34.1 Å². The van der Waals surface area contributed by atoms with Gasteiger partial charge in [0.05, 0.1) is 27.4 Å². The van der Waals surface area contributed by atoms with Crippen LogP contribution in [0.15, 0.2) is 80.5 Å². The molecule has 8 heteroatoms. The van der Waals surface area contributed by atoms with Gasteiger partial charge in [0.2, 0.25) is 0 Å². The van der Waals surface area contributed by atoms with Crippen molar-refractivity contribution in [3.05, 3.63) is 123 Å². The maximum absolute atomic E-state index is 13.9. The molecule has 0 amide bonds. The van der Waals surface area contributed by atoms with Crippen LogP contribution in [0.3, 0.4) is 0 Å². The Kier molecular flexibility index (Phi) is 6.61. The van der Waals surface area contributed by atoms with Gasteiger partial charge in [0.25, 0.3) is 5.56 Å². The first kappa shape index (κ1) is 24.7. The lowest BCUT2D eigenvalue weighted by molar-refractivity contribution is 0.338. The zero-order valence-electron chi connectivity index (χ0n) is 19.8. The topological polar surface area (TPSA) is 43.6 Å². The fourth-order valence-electron chi connectivity index (χ4n) is 5.05. The van der Waals surface area contributed by atoms with E-state index in [0.29, 0.717) is 26.0 Å². The summed E-state index contributed by atoms with van der Waals surface area (Å²) in [6.45, 7) is 2.53. The van der Waals surface area contributed by atoms with E-state index in [4.69, 9.17) is 32.9 Å². The van der Waals surface area contributed by atoms with E-state index in [1.807, 2.05) is 49.4 Å². The number of rotatable bonds is 4. The zero-order chi connectivity index (χ0) is 25.7. The predicted octanol–water partition coefficient (Wildman–Crippen LogP) is 6.79. The van der Waals surface area contributed by atoms with Crippen molar-refractivity contribution in [3.63, 3.8) is 0 Å². The van der Waals surface area contributed by atoms with Gasteiger partial charge >= 0.3 is 0 Å². The fourth-order valence-corrected chi connectivity index (χ4v) is 7.08. The number of thiazole rings is 1. The van der Waals surface area contributed by atoms with Crippen molar-refractivity contribution < 1.29 is 4.74 Å². The molecule has 0 bridgehead atoms. The van der Waals surface area contributed by atoms with Crippen LogP contribution < -0.4 is 19.6 Å². The molecule has 4 nitrogen and oxygen atoms in total. The average molecular weight is 612 g/mol. The SMILES string of the molecule is CCOc1ccc(/C=c2\sc3n(c2=O)C(c2ccc(Cl)cc2Cl)C2=C(N=3)c3ccccc3CC2)cc1Br. The molecule has 4 aromatic rings. The lowest BCUT2D eigenvalue weighted by Gasteiger charge is -2.31.